The molecular formula is C9H10F3NO3S. The van der Waals surface area contributed by atoms with Gasteiger partial charge in [-0.2, -0.15) is 13.2 Å². The van der Waals surface area contributed by atoms with Crippen LogP contribution in [0.15, 0.2) is 23.1 Å². The molecule has 0 amide bonds. The Bertz CT molecular complexity index is 511. The first kappa shape index (κ1) is 13.6. The molecule has 1 aromatic rings. The lowest BCUT2D eigenvalue weighted by atomic mass is 10.3. The number of methoxy groups -OCH3 is 1. The van der Waals surface area contributed by atoms with Crippen LogP contribution in [0.3, 0.4) is 0 Å². The van der Waals surface area contributed by atoms with Gasteiger partial charge in [0.15, 0.2) is 15.6 Å². The highest BCUT2D eigenvalue weighted by molar-refractivity contribution is 7.91. The normalized spacial score (nSPS) is 12.5. The maximum atomic E-state index is 12.1. The average molecular weight is 269 g/mol. The summed E-state index contributed by atoms with van der Waals surface area (Å²) in [6.45, 7) is 0. The van der Waals surface area contributed by atoms with Crippen molar-refractivity contribution in [3.63, 3.8) is 0 Å². The smallest absolute Gasteiger partial charge is 0.403 e. The van der Waals surface area contributed by atoms with E-state index in [9.17, 15) is 21.6 Å². The van der Waals surface area contributed by atoms with E-state index < -0.39 is 26.7 Å². The molecule has 0 heterocycles. The van der Waals surface area contributed by atoms with Crippen LogP contribution in [-0.4, -0.2) is 27.5 Å². The van der Waals surface area contributed by atoms with Gasteiger partial charge in [0.2, 0.25) is 0 Å². The van der Waals surface area contributed by atoms with Crippen molar-refractivity contribution < 1.29 is 26.3 Å². The quantitative estimate of drug-likeness (QED) is 0.846. The first-order valence-corrected chi connectivity index (χ1v) is 6.04. The van der Waals surface area contributed by atoms with Crippen LogP contribution in [0.5, 0.6) is 5.75 Å². The second kappa shape index (κ2) is 4.44. The molecule has 0 saturated carbocycles. The molecular weight excluding hydrogens is 259 g/mol. The fourth-order valence-corrected chi connectivity index (χ4v) is 2.54. The van der Waals surface area contributed by atoms with E-state index in [1.807, 2.05) is 0 Å². The molecule has 1 aromatic carbocycles. The zero-order chi connectivity index (χ0) is 13.3. The molecule has 8 heteroatoms. The van der Waals surface area contributed by atoms with E-state index in [-0.39, 0.29) is 11.4 Å². The summed E-state index contributed by atoms with van der Waals surface area (Å²) in [5.41, 5.74) is 5.58. The van der Waals surface area contributed by atoms with Gasteiger partial charge in [-0.1, -0.05) is 0 Å². The lowest BCUT2D eigenvalue weighted by Crippen LogP contribution is -2.23. The molecule has 0 atom stereocenters. The number of nitrogens with two attached hydrogens (primary N) is 1. The summed E-state index contributed by atoms with van der Waals surface area (Å²) < 4.78 is 64.0. The van der Waals surface area contributed by atoms with Gasteiger partial charge in [-0.15, -0.1) is 0 Å². The third-order valence-electron chi connectivity index (χ3n) is 1.88. The minimum atomic E-state index is -4.80. The van der Waals surface area contributed by atoms with E-state index >= 15 is 0 Å². The summed E-state index contributed by atoms with van der Waals surface area (Å²) in [6.07, 6.45) is -4.80. The fraction of sp³-hybridized carbons (Fsp3) is 0.333. The average Bonchev–Trinajstić information content (AvgIpc) is 2.13. The van der Waals surface area contributed by atoms with Crippen LogP contribution in [0, 0.1) is 0 Å². The maximum Gasteiger partial charge on any atom is 0.403 e. The monoisotopic (exact) mass is 269 g/mol. The number of hydrogen-bond acceptors (Lipinski definition) is 4. The van der Waals surface area contributed by atoms with Gasteiger partial charge in [-0.05, 0) is 12.1 Å². The fourth-order valence-electron chi connectivity index (χ4n) is 1.23. The van der Waals surface area contributed by atoms with Gasteiger partial charge >= 0.3 is 6.18 Å². The van der Waals surface area contributed by atoms with Gasteiger partial charge in [-0.3, -0.25) is 0 Å². The lowest BCUT2D eigenvalue weighted by Gasteiger charge is -2.11. The van der Waals surface area contributed by atoms with E-state index in [1.165, 1.54) is 6.07 Å². The van der Waals surface area contributed by atoms with Crippen molar-refractivity contribution in [2.75, 3.05) is 18.6 Å². The Morgan fingerprint density at radius 1 is 1.35 bits per heavy atom. The van der Waals surface area contributed by atoms with Gasteiger partial charge < -0.3 is 10.5 Å². The molecule has 0 radical (unpaired) electrons. The number of hydrogen-bond donors (Lipinski definition) is 1. The summed E-state index contributed by atoms with van der Waals surface area (Å²) in [5, 5.41) is 0. The highest BCUT2D eigenvalue weighted by Gasteiger charge is 2.37. The predicted octanol–water partition coefficient (Wildman–Crippen LogP) is 1.61. The minimum Gasteiger partial charge on any atom is -0.495 e. The highest BCUT2D eigenvalue weighted by Crippen LogP contribution is 2.30. The van der Waals surface area contributed by atoms with Crippen molar-refractivity contribution in [2.45, 2.75) is 11.1 Å². The van der Waals surface area contributed by atoms with Crippen molar-refractivity contribution in [1.29, 1.82) is 0 Å². The van der Waals surface area contributed by atoms with E-state index in [1.54, 1.807) is 0 Å². The molecule has 1 rings (SSSR count). The van der Waals surface area contributed by atoms with Gasteiger partial charge in [-0.25, -0.2) is 8.42 Å². The summed E-state index contributed by atoms with van der Waals surface area (Å²) in [4.78, 5) is -0.522. The Kier molecular flexibility index (Phi) is 3.56. The molecule has 0 unspecified atom stereocenters. The van der Waals surface area contributed by atoms with Crippen LogP contribution in [0.2, 0.25) is 0 Å². The number of rotatable bonds is 3. The molecule has 2 N–H and O–H groups in total. The van der Waals surface area contributed by atoms with E-state index in [4.69, 9.17) is 10.5 Å². The molecule has 0 fully saturated rings. The number of sulfone groups is 1. The molecule has 0 spiro atoms. The van der Waals surface area contributed by atoms with Crippen LogP contribution in [0.4, 0.5) is 18.9 Å². The molecule has 96 valence electrons. The number of alkyl halides is 3. The molecule has 0 aliphatic rings. The standard InChI is InChI=1S/C9H10F3NO3S/c1-16-7-4-6(13)2-3-8(7)17(14,15)5-9(10,11)12/h2-4H,5,13H2,1H3. The van der Waals surface area contributed by atoms with Gasteiger partial charge in [0.1, 0.15) is 10.6 Å². The summed E-state index contributed by atoms with van der Waals surface area (Å²) in [5.74, 6) is -2.13. The Labute approximate surface area is 96.1 Å². The van der Waals surface area contributed by atoms with E-state index in [0.29, 0.717) is 0 Å². The summed E-state index contributed by atoms with van der Waals surface area (Å²) >= 11 is 0. The lowest BCUT2D eigenvalue weighted by molar-refractivity contribution is -0.106. The van der Waals surface area contributed by atoms with Crippen LogP contribution < -0.4 is 10.5 Å². The van der Waals surface area contributed by atoms with Crippen molar-refractivity contribution in [1.82, 2.24) is 0 Å². The number of anilines is 1. The Hall–Kier alpha value is -1.44. The molecule has 17 heavy (non-hydrogen) atoms. The third-order valence-corrected chi connectivity index (χ3v) is 3.59. The van der Waals surface area contributed by atoms with Gasteiger partial charge in [0.25, 0.3) is 0 Å². The molecule has 4 nitrogen and oxygen atoms in total. The van der Waals surface area contributed by atoms with Crippen LogP contribution >= 0.6 is 0 Å². The van der Waals surface area contributed by atoms with Crippen LogP contribution in [0.1, 0.15) is 0 Å². The van der Waals surface area contributed by atoms with Crippen molar-refractivity contribution in [2.24, 2.45) is 0 Å². The number of halogens is 3. The first-order chi connectivity index (χ1) is 7.65. The second-order valence-electron chi connectivity index (χ2n) is 3.28. The van der Waals surface area contributed by atoms with E-state index in [0.717, 1.165) is 19.2 Å². The summed E-state index contributed by atoms with van der Waals surface area (Å²) in [7, 11) is -3.33. The first-order valence-electron chi connectivity index (χ1n) is 4.39. The molecule has 0 aliphatic heterocycles. The van der Waals surface area contributed by atoms with Gasteiger partial charge in [0, 0.05) is 11.8 Å². The number of benzene rings is 1. The Balaban J connectivity index is 3.24. The zero-order valence-electron chi connectivity index (χ0n) is 8.78. The number of nitrogen functional groups attached to an aromatic ring is 1. The highest BCUT2D eigenvalue weighted by atomic mass is 32.2. The largest absolute Gasteiger partial charge is 0.495 e. The van der Waals surface area contributed by atoms with Gasteiger partial charge in [0.05, 0.1) is 7.11 Å². The Morgan fingerprint density at radius 2 is 1.94 bits per heavy atom. The van der Waals surface area contributed by atoms with Crippen molar-refractivity contribution in [3.05, 3.63) is 18.2 Å². The molecule has 0 saturated heterocycles. The maximum absolute atomic E-state index is 12.1. The topological polar surface area (TPSA) is 69.4 Å². The van der Waals surface area contributed by atoms with Crippen LogP contribution in [-0.2, 0) is 9.84 Å². The zero-order valence-corrected chi connectivity index (χ0v) is 9.60. The predicted molar refractivity (Wildman–Crippen MR) is 55.5 cm³/mol. The third kappa shape index (κ3) is 3.52. The minimum absolute atomic E-state index is 0.200. The molecule has 0 bridgehead atoms. The van der Waals surface area contributed by atoms with Crippen molar-refractivity contribution >= 4 is 15.5 Å². The second-order valence-corrected chi connectivity index (χ2v) is 5.24. The van der Waals surface area contributed by atoms with Crippen molar-refractivity contribution in [3.8, 4) is 5.75 Å². The van der Waals surface area contributed by atoms with Crippen LogP contribution in [0.25, 0.3) is 0 Å². The Morgan fingerprint density at radius 3 is 2.41 bits per heavy atom. The summed E-state index contributed by atoms with van der Waals surface area (Å²) in [6, 6.07) is 3.35. The molecule has 0 aliphatic carbocycles. The molecule has 0 aromatic heterocycles. The number of ether oxygens (including phenoxy) is 1. The van der Waals surface area contributed by atoms with E-state index in [2.05, 4.69) is 0 Å². The SMILES string of the molecule is COc1cc(N)ccc1S(=O)(=O)CC(F)(F)F.